The first-order valence-corrected chi connectivity index (χ1v) is 8.24. The first-order valence-electron chi connectivity index (χ1n) is 7.43. The molecule has 2 rings (SSSR count). The minimum absolute atomic E-state index is 0.0468. The van der Waals surface area contributed by atoms with Crippen molar-refractivity contribution in [3.05, 3.63) is 21.9 Å². The molecule has 0 bridgehead atoms. The highest BCUT2D eigenvalue weighted by Gasteiger charge is 2.29. The highest BCUT2D eigenvalue weighted by molar-refractivity contribution is 7.12. The summed E-state index contributed by atoms with van der Waals surface area (Å²) in [5.74, 6) is 1.54. The molecule has 2 N–H and O–H groups in total. The summed E-state index contributed by atoms with van der Waals surface area (Å²) in [6.45, 7) is 8.86. The van der Waals surface area contributed by atoms with E-state index in [1.165, 1.54) is 29.0 Å². The molecule has 1 aliphatic carbocycles. The Kier molecular flexibility index (Phi) is 5.04. The van der Waals surface area contributed by atoms with Crippen LogP contribution in [0.4, 0.5) is 0 Å². The summed E-state index contributed by atoms with van der Waals surface area (Å²) in [4.78, 5) is 2.60. The molecule has 0 saturated heterocycles. The van der Waals surface area contributed by atoms with Gasteiger partial charge in [0, 0.05) is 15.8 Å². The molecule has 3 heteroatoms. The fraction of sp³-hybridized carbons (Fsp3) is 0.750. The number of ether oxygens (including phenoxy) is 1. The van der Waals surface area contributed by atoms with Gasteiger partial charge >= 0.3 is 0 Å². The normalized spacial score (nSPS) is 31.1. The number of thiophene rings is 1. The van der Waals surface area contributed by atoms with Crippen LogP contribution in [-0.2, 0) is 4.74 Å². The topological polar surface area (TPSA) is 35.2 Å². The van der Waals surface area contributed by atoms with Gasteiger partial charge in [-0.15, -0.1) is 11.3 Å². The van der Waals surface area contributed by atoms with Crippen molar-refractivity contribution in [3.63, 3.8) is 0 Å². The van der Waals surface area contributed by atoms with Crippen molar-refractivity contribution in [1.29, 1.82) is 0 Å². The lowest BCUT2D eigenvalue weighted by molar-refractivity contribution is -0.0570. The SMILES string of the molecule is Cc1ccc(C(OC2CC(C)CC(C)C2)C(C)N)s1. The average molecular weight is 281 g/mol. The zero-order chi connectivity index (χ0) is 14.0. The van der Waals surface area contributed by atoms with E-state index in [1.54, 1.807) is 0 Å². The molecule has 0 aromatic carbocycles. The molecule has 1 heterocycles. The highest BCUT2D eigenvalue weighted by Crippen LogP contribution is 2.35. The van der Waals surface area contributed by atoms with Gasteiger partial charge in [0.25, 0.3) is 0 Å². The molecule has 4 unspecified atom stereocenters. The van der Waals surface area contributed by atoms with E-state index in [9.17, 15) is 0 Å². The fourth-order valence-electron chi connectivity index (χ4n) is 3.25. The van der Waals surface area contributed by atoms with Crippen molar-refractivity contribution < 1.29 is 4.74 Å². The maximum Gasteiger partial charge on any atom is 0.107 e. The van der Waals surface area contributed by atoms with E-state index in [-0.39, 0.29) is 12.1 Å². The van der Waals surface area contributed by atoms with Crippen molar-refractivity contribution in [2.75, 3.05) is 0 Å². The van der Waals surface area contributed by atoms with E-state index >= 15 is 0 Å². The summed E-state index contributed by atoms with van der Waals surface area (Å²) >= 11 is 1.81. The van der Waals surface area contributed by atoms with Crippen LogP contribution < -0.4 is 5.73 Å². The molecule has 1 aliphatic rings. The van der Waals surface area contributed by atoms with E-state index in [0.29, 0.717) is 6.10 Å². The van der Waals surface area contributed by atoms with Crippen molar-refractivity contribution in [1.82, 2.24) is 0 Å². The van der Waals surface area contributed by atoms with E-state index in [2.05, 4.69) is 39.8 Å². The Bertz CT molecular complexity index is 391. The average Bonchev–Trinajstić information content (AvgIpc) is 2.70. The molecular weight excluding hydrogens is 254 g/mol. The third-order valence-electron chi connectivity index (χ3n) is 3.99. The predicted molar refractivity (Wildman–Crippen MR) is 82.5 cm³/mol. The van der Waals surface area contributed by atoms with E-state index < -0.39 is 0 Å². The zero-order valence-electron chi connectivity index (χ0n) is 12.6. The maximum atomic E-state index is 6.38. The fourth-order valence-corrected chi connectivity index (χ4v) is 4.28. The molecule has 1 saturated carbocycles. The van der Waals surface area contributed by atoms with Gasteiger partial charge in [0.1, 0.15) is 6.10 Å². The largest absolute Gasteiger partial charge is 0.368 e. The van der Waals surface area contributed by atoms with E-state index in [1.807, 2.05) is 11.3 Å². The van der Waals surface area contributed by atoms with Crippen LogP contribution in [0, 0.1) is 18.8 Å². The lowest BCUT2D eigenvalue weighted by Gasteiger charge is -2.34. The van der Waals surface area contributed by atoms with E-state index in [4.69, 9.17) is 10.5 Å². The maximum absolute atomic E-state index is 6.38. The second-order valence-electron chi connectivity index (χ2n) is 6.40. The number of rotatable bonds is 4. The van der Waals surface area contributed by atoms with Crippen LogP contribution in [0.25, 0.3) is 0 Å². The van der Waals surface area contributed by atoms with Crippen LogP contribution in [0.2, 0.25) is 0 Å². The highest BCUT2D eigenvalue weighted by atomic mass is 32.1. The zero-order valence-corrected chi connectivity index (χ0v) is 13.4. The van der Waals surface area contributed by atoms with Gasteiger partial charge < -0.3 is 10.5 Å². The molecule has 2 nitrogen and oxygen atoms in total. The minimum Gasteiger partial charge on any atom is -0.368 e. The molecule has 0 radical (unpaired) electrons. The lowest BCUT2D eigenvalue weighted by Crippen LogP contribution is -2.33. The molecule has 0 amide bonds. The minimum atomic E-state index is 0.0468. The van der Waals surface area contributed by atoms with Gasteiger partial charge in [0.05, 0.1) is 6.10 Å². The van der Waals surface area contributed by atoms with Crippen LogP contribution in [0.3, 0.4) is 0 Å². The third kappa shape index (κ3) is 4.04. The second-order valence-corrected chi connectivity index (χ2v) is 7.72. The first kappa shape index (κ1) is 15.0. The summed E-state index contributed by atoms with van der Waals surface area (Å²) in [5, 5.41) is 0. The monoisotopic (exact) mass is 281 g/mol. The lowest BCUT2D eigenvalue weighted by atomic mass is 9.81. The van der Waals surface area contributed by atoms with Gasteiger partial charge in [0.15, 0.2) is 0 Å². The molecule has 4 atom stereocenters. The van der Waals surface area contributed by atoms with Crippen LogP contribution in [0.5, 0.6) is 0 Å². The molecular formula is C16H27NOS. The Morgan fingerprint density at radius 2 is 1.84 bits per heavy atom. The number of hydrogen-bond acceptors (Lipinski definition) is 3. The summed E-state index contributed by atoms with van der Waals surface area (Å²) in [6, 6.07) is 4.37. The summed E-state index contributed by atoms with van der Waals surface area (Å²) in [7, 11) is 0. The van der Waals surface area contributed by atoms with Gasteiger partial charge in [0.2, 0.25) is 0 Å². The van der Waals surface area contributed by atoms with Gasteiger partial charge in [-0.05, 0) is 57.1 Å². The van der Waals surface area contributed by atoms with Crippen molar-refractivity contribution in [2.45, 2.75) is 65.2 Å². The molecule has 1 aromatic rings. The molecule has 19 heavy (non-hydrogen) atoms. The van der Waals surface area contributed by atoms with Crippen molar-refractivity contribution in [2.24, 2.45) is 17.6 Å². The van der Waals surface area contributed by atoms with Crippen LogP contribution in [0.1, 0.15) is 55.9 Å². The molecule has 108 valence electrons. The van der Waals surface area contributed by atoms with Crippen molar-refractivity contribution in [3.8, 4) is 0 Å². The number of aryl methyl sites for hydroxylation is 1. The first-order chi connectivity index (χ1) is 8.95. The Morgan fingerprint density at radius 1 is 1.21 bits per heavy atom. The molecule has 0 aliphatic heterocycles. The molecule has 0 spiro atoms. The Hall–Kier alpha value is -0.380. The Balaban J connectivity index is 2.04. The summed E-state index contributed by atoms with van der Waals surface area (Å²) in [5.41, 5.74) is 6.15. The van der Waals surface area contributed by atoms with Crippen LogP contribution >= 0.6 is 11.3 Å². The molecule has 1 fully saturated rings. The summed E-state index contributed by atoms with van der Waals surface area (Å²) in [6.07, 6.45) is 4.12. The standard InChI is InChI=1S/C16H27NOS/c1-10-7-11(2)9-14(8-10)18-16(13(4)17)15-6-5-12(3)19-15/h5-6,10-11,13-14,16H,7-9,17H2,1-4H3. The van der Waals surface area contributed by atoms with Crippen molar-refractivity contribution >= 4 is 11.3 Å². The Morgan fingerprint density at radius 3 is 2.32 bits per heavy atom. The number of nitrogens with two attached hydrogens (primary N) is 1. The Labute approximate surface area is 121 Å². The quantitative estimate of drug-likeness (QED) is 0.893. The van der Waals surface area contributed by atoms with Crippen LogP contribution in [0.15, 0.2) is 12.1 Å². The molecule has 1 aromatic heterocycles. The van der Waals surface area contributed by atoms with Gasteiger partial charge in [-0.25, -0.2) is 0 Å². The van der Waals surface area contributed by atoms with Gasteiger partial charge in [-0.2, -0.15) is 0 Å². The third-order valence-corrected chi connectivity index (χ3v) is 5.06. The smallest absolute Gasteiger partial charge is 0.107 e. The van der Waals surface area contributed by atoms with Crippen LogP contribution in [-0.4, -0.2) is 12.1 Å². The van der Waals surface area contributed by atoms with Gasteiger partial charge in [-0.1, -0.05) is 13.8 Å². The number of hydrogen-bond donors (Lipinski definition) is 1. The van der Waals surface area contributed by atoms with Gasteiger partial charge in [-0.3, -0.25) is 0 Å². The second kappa shape index (κ2) is 6.38. The summed E-state index contributed by atoms with van der Waals surface area (Å²) < 4.78 is 6.38. The predicted octanol–water partition coefficient (Wildman–Crippen LogP) is 4.29. The van der Waals surface area contributed by atoms with E-state index in [0.717, 1.165) is 11.8 Å².